The zero-order valence-electron chi connectivity index (χ0n) is 13.0. The zero-order valence-corrected chi connectivity index (χ0v) is 15.4. The number of nitrogens with one attached hydrogen (secondary N) is 1. The Balaban J connectivity index is 2.47. The second-order valence-electron chi connectivity index (χ2n) is 4.94. The van der Waals surface area contributed by atoms with Gasteiger partial charge in [-0.1, -0.05) is 22.0 Å². The van der Waals surface area contributed by atoms with Gasteiger partial charge in [-0.2, -0.15) is 13.2 Å². The SMILES string of the molecule is COC(=O)c1ccc(NS(=O)(=O)c2cccc(Br)c2C(F)(F)F)cc1O. The number of benzene rings is 2. The van der Waals surface area contributed by atoms with Gasteiger partial charge in [0.2, 0.25) is 0 Å². The molecule has 0 saturated heterocycles. The Labute approximate surface area is 154 Å². The van der Waals surface area contributed by atoms with Crippen LogP contribution in [0.4, 0.5) is 18.9 Å². The summed E-state index contributed by atoms with van der Waals surface area (Å²) in [5, 5.41) is 9.77. The number of hydrogen-bond donors (Lipinski definition) is 2. The van der Waals surface area contributed by atoms with Gasteiger partial charge in [-0.05, 0) is 24.3 Å². The molecule has 2 N–H and O–H groups in total. The monoisotopic (exact) mass is 453 g/mol. The second-order valence-corrected chi connectivity index (χ2v) is 7.44. The minimum absolute atomic E-state index is 0.228. The third-order valence-corrected chi connectivity index (χ3v) is 5.29. The lowest BCUT2D eigenvalue weighted by Gasteiger charge is -2.16. The maximum absolute atomic E-state index is 13.2. The van der Waals surface area contributed by atoms with Crippen molar-refractivity contribution in [1.82, 2.24) is 0 Å². The summed E-state index contributed by atoms with van der Waals surface area (Å²) in [6.07, 6.45) is -4.92. The fourth-order valence-corrected chi connectivity index (χ4v) is 4.11. The topological polar surface area (TPSA) is 92.7 Å². The summed E-state index contributed by atoms with van der Waals surface area (Å²) in [4.78, 5) is 10.4. The van der Waals surface area contributed by atoms with Gasteiger partial charge in [0.1, 0.15) is 16.2 Å². The van der Waals surface area contributed by atoms with Gasteiger partial charge in [0.15, 0.2) is 0 Å². The summed E-state index contributed by atoms with van der Waals surface area (Å²) >= 11 is 2.70. The van der Waals surface area contributed by atoms with Gasteiger partial charge in [-0.3, -0.25) is 4.72 Å². The maximum Gasteiger partial charge on any atom is 0.418 e. The number of phenols is 1. The van der Waals surface area contributed by atoms with E-state index in [1.807, 2.05) is 4.72 Å². The third-order valence-electron chi connectivity index (χ3n) is 3.20. The van der Waals surface area contributed by atoms with E-state index in [0.717, 1.165) is 43.5 Å². The first-order valence-corrected chi connectivity index (χ1v) is 9.05. The fourth-order valence-electron chi connectivity index (χ4n) is 2.09. The largest absolute Gasteiger partial charge is 0.507 e. The first kappa shape index (κ1) is 20.0. The van der Waals surface area contributed by atoms with Gasteiger partial charge in [-0.15, -0.1) is 0 Å². The molecule has 2 aromatic rings. The van der Waals surface area contributed by atoms with Gasteiger partial charge >= 0.3 is 12.1 Å². The quantitative estimate of drug-likeness (QED) is 0.687. The minimum Gasteiger partial charge on any atom is -0.507 e. The fraction of sp³-hybridized carbons (Fsp3) is 0.133. The van der Waals surface area contributed by atoms with Crippen molar-refractivity contribution < 1.29 is 36.2 Å². The van der Waals surface area contributed by atoms with Crippen molar-refractivity contribution in [1.29, 1.82) is 0 Å². The normalized spacial score (nSPS) is 11.9. The number of esters is 1. The predicted molar refractivity (Wildman–Crippen MR) is 89.4 cm³/mol. The summed E-state index contributed by atoms with van der Waals surface area (Å²) in [5.41, 5.74) is -1.82. The molecule has 0 atom stereocenters. The summed E-state index contributed by atoms with van der Waals surface area (Å²) in [6, 6.07) is 6.08. The number of methoxy groups -OCH3 is 1. The summed E-state index contributed by atoms with van der Waals surface area (Å²) in [6.45, 7) is 0. The lowest BCUT2D eigenvalue weighted by molar-refractivity contribution is -0.140. The highest BCUT2D eigenvalue weighted by molar-refractivity contribution is 9.10. The highest BCUT2D eigenvalue weighted by Gasteiger charge is 2.39. The molecule has 6 nitrogen and oxygen atoms in total. The van der Waals surface area contributed by atoms with Crippen LogP contribution in [0.25, 0.3) is 0 Å². The van der Waals surface area contributed by atoms with Crippen LogP contribution in [0.3, 0.4) is 0 Å². The molecule has 2 aromatic carbocycles. The van der Waals surface area contributed by atoms with Crippen molar-refractivity contribution in [3.8, 4) is 5.75 Å². The van der Waals surface area contributed by atoms with Crippen molar-refractivity contribution in [3.05, 3.63) is 52.0 Å². The van der Waals surface area contributed by atoms with E-state index in [-0.39, 0.29) is 11.3 Å². The molecular weight excluding hydrogens is 443 g/mol. The van der Waals surface area contributed by atoms with Crippen LogP contribution in [0.2, 0.25) is 0 Å². The number of sulfonamides is 1. The maximum atomic E-state index is 13.2. The molecular formula is C15H11BrF3NO5S. The van der Waals surface area contributed by atoms with Crippen LogP contribution in [0, 0.1) is 0 Å². The number of anilines is 1. The molecule has 2 rings (SSSR count). The number of rotatable bonds is 4. The molecule has 0 bridgehead atoms. The van der Waals surface area contributed by atoms with Crippen LogP contribution in [0.5, 0.6) is 5.75 Å². The number of ether oxygens (including phenoxy) is 1. The molecule has 0 aromatic heterocycles. The summed E-state index contributed by atoms with van der Waals surface area (Å²) < 4.78 is 70.4. The average Bonchev–Trinajstić information content (AvgIpc) is 2.52. The number of alkyl halides is 3. The molecule has 0 aliphatic carbocycles. The Kier molecular flexibility index (Phi) is 5.52. The Bertz CT molecular complexity index is 960. The van der Waals surface area contributed by atoms with Gasteiger partial charge < -0.3 is 9.84 Å². The zero-order chi connectivity index (χ0) is 19.7. The Morgan fingerprint density at radius 2 is 1.88 bits per heavy atom. The van der Waals surface area contributed by atoms with E-state index in [1.54, 1.807) is 0 Å². The summed E-state index contributed by atoms with van der Waals surface area (Å²) in [7, 11) is -3.54. The van der Waals surface area contributed by atoms with Gasteiger partial charge in [0.05, 0.1) is 18.4 Å². The number of halogens is 4. The van der Waals surface area contributed by atoms with Crippen LogP contribution in [0.15, 0.2) is 45.8 Å². The van der Waals surface area contributed by atoms with Gasteiger partial charge in [-0.25, -0.2) is 13.2 Å². The van der Waals surface area contributed by atoms with Gasteiger partial charge in [0.25, 0.3) is 10.0 Å². The lowest BCUT2D eigenvalue weighted by Crippen LogP contribution is -2.19. The molecule has 11 heteroatoms. The third kappa shape index (κ3) is 4.10. The van der Waals surface area contributed by atoms with Crippen LogP contribution in [-0.4, -0.2) is 26.6 Å². The number of aromatic hydroxyl groups is 1. The van der Waals surface area contributed by atoms with Crippen LogP contribution < -0.4 is 4.72 Å². The number of carbonyl (C=O) groups excluding carboxylic acids is 1. The van der Waals surface area contributed by atoms with Crippen molar-refractivity contribution in [3.63, 3.8) is 0 Å². The standard InChI is InChI=1S/C15H11BrF3NO5S/c1-25-14(22)9-6-5-8(7-11(9)21)20-26(23,24)12-4-2-3-10(16)13(12)15(17,18)19/h2-7,20-21H,1H3. The van der Waals surface area contributed by atoms with Crippen molar-refractivity contribution in [2.45, 2.75) is 11.1 Å². The average molecular weight is 454 g/mol. The Morgan fingerprint density at radius 1 is 1.23 bits per heavy atom. The molecule has 0 spiro atoms. The van der Waals surface area contributed by atoms with Crippen molar-refractivity contribution in [2.24, 2.45) is 0 Å². The van der Waals surface area contributed by atoms with E-state index in [1.165, 1.54) is 0 Å². The molecule has 0 unspecified atom stereocenters. The molecule has 26 heavy (non-hydrogen) atoms. The summed E-state index contributed by atoms with van der Waals surface area (Å²) in [5.74, 6) is -1.45. The molecule has 0 saturated carbocycles. The smallest absolute Gasteiger partial charge is 0.418 e. The molecule has 0 fully saturated rings. The number of phenolic OH excluding ortho intramolecular Hbond substituents is 1. The highest BCUT2D eigenvalue weighted by Crippen LogP contribution is 2.39. The van der Waals surface area contributed by atoms with Crippen molar-refractivity contribution in [2.75, 3.05) is 11.8 Å². The van der Waals surface area contributed by atoms with E-state index in [9.17, 15) is 31.5 Å². The molecule has 0 amide bonds. The van der Waals surface area contributed by atoms with E-state index < -0.39 is 42.9 Å². The molecule has 0 heterocycles. The van der Waals surface area contributed by atoms with Crippen LogP contribution in [0.1, 0.15) is 15.9 Å². The van der Waals surface area contributed by atoms with E-state index >= 15 is 0 Å². The number of carbonyl (C=O) groups is 1. The van der Waals surface area contributed by atoms with E-state index in [2.05, 4.69) is 20.7 Å². The first-order chi connectivity index (χ1) is 12.0. The Hall–Kier alpha value is -2.27. The lowest BCUT2D eigenvalue weighted by atomic mass is 10.2. The van der Waals surface area contributed by atoms with Crippen LogP contribution in [-0.2, 0) is 20.9 Å². The predicted octanol–water partition coefficient (Wildman–Crippen LogP) is 3.76. The highest BCUT2D eigenvalue weighted by atomic mass is 79.9. The second kappa shape index (κ2) is 7.16. The van der Waals surface area contributed by atoms with Crippen molar-refractivity contribution >= 4 is 37.6 Å². The Morgan fingerprint density at radius 3 is 2.42 bits per heavy atom. The minimum atomic E-state index is -4.92. The molecule has 0 aliphatic heterocycles. The number of hydrogen-bond acceptors (Lipinski definition) is 5. The van der Waals surface area contributed by atoms with Crippen LogP contribution >= 0.6 is 15.9 Å². The molecule has 0 radical (unpaired) electrons. The van der Waals surface area contributed by atoms with E-state index in [4.69, 9.17) is 0 Å². The van der Waals surface area contributed by atoms with E-state index in [0.29, 0.717) is 0 Å². The van der Waals surface area contributed by atoms with Gasteiger partial charge in [0, 0.05) is 10.5 Å². The molecule has 0 aliphatic rings. The first-order valence-electron chi connectivity index (χ1n) is 6.77. The molecule has 140 valence electrons.